The largest absolute Gasteiger partial charge is 0.494 e. The van der Waals surface area contributed by atoms with E-state index >= 15 is 0 Å². The molecule has 26 heavy (non-hydrogen) atoms. The van der Waals surface area contributed by atoms with E-state index in [9.17, 15) is 4.79 Å². The topological polar surface area (TPSA) is 54.7 Å². The molecule has 5 nitrogen and oxygen atoms in total. The quantitative estimate of drug-likeness (QED) is 0.776. The Morgan fingerprint density at radius 2 is 1.96 bits per heavy atom. The summed E-state index contributed by atoms with van der Waals surface area (Å²) in [5.41, 5.74) is 0.644. The van der Waals surface area contributed by atoms with Crippen molar-refractivity contribution in [1.29, 1.82) is 0 Å². The van der Waals surface area contributed by atoms with Crippen molar-refractivity contribution in [2.75, 3.05) is 26.2 Å². The fourth-order valence-corrected chi connectivity index (χ4v) is 3.33. The van der Waals surface area contributed by atoms with E-state index in [0.717, 1.165) is 31.0 Å². The Labute approximate surface area is 155 Å². The van der Waals surface area contributed by atoms with Crippen LogP contribution in [0.2, 0.25) is 0 Å². The zero-order valence-electron chi connectivity index (χ0n) is 15.4. The molecule has 1 saturated heterocycles. The van der Waals surface area contributed by atoms with Gasteiger partial charge in [0.2, 0.25) is 0 Å². The van der Waals surface area contributed by atoms with Gasteiger partial charge in [-0.1, -0.05) is 13.3 Å². The van der Waals surface area contributed by atoms with E-state index < -0.39 is 0 Å². The highest BCUT2D eigenvalue weighted by molar-refractivity contribution is 5.94. The van der Waals surface area contributed by atoms with Gasteiger partial charge in [0.15, 0.2) is 0 Å². The third-order valence-electron chi connectivity index (χ3n) is 4.75. The summed E-state index contributed by atoms with van der Waals surface area (Å²) >= 11 is 0. The highest BCUT2D eigenvalue weighted by Gasteiger charge is 2.25. The zero-order valence-corrected chi connectivity index (χ0v) is 15.4. The third-order valence-corrected chi connectivity index (χ3v) is 4.75. The van der Waals surface area contributed by atoms with Gasteiger partial charge in [0, 0.05) is 12.1 Å². The van der Waals surface area contributed by atoms with E-state index in [1.165, 1.54) is 19.3 Å². The normalized spacial score (nSPS) is 16.2. The summed E-state index contributed by atoms with van der Waals surface area (Å²) in [5.74, 6) is 1.64. The third kappa shape index (κ3) is 4.88. The van der Waals surface area contributed by atoms with Gasteiger partial charge in [-0.25, -0.2) is 0 Å². The first-order valence-electron chi connectivity index (χ1n) is 9.56. The standard InChI is InChI=1S/C21H28N2O3/c1-2-14-25-18-10-8-17(9-11-18)21(24)22-16-19(20-7-6-15-26-20)23-12-4-3-5-13-23/h6-11,15,19H,2-5,12-14,16H2,1H3,(H,22,24). The van der Waals surface area contributed by atoms with Gasteiger partial charge in [-0.15, -0.1) is 0 Å². The van der Waals surface area contributed by atoms with Crippen LogP contribution in [0.3, 0.4) is 0 Å². The Morgan fingerprint density at radius 1 is 1.19 bits per heavy atom. The maximum atomic E-state index is 12.5. The highest BCUT2D eigenvalue weighted by atomic mass is 16.5. The minimum absolute atomic E-state index is 0.0689. The van der Waals surface area contributed by atoms with E-state index in [-0.39, 0.29) is 11.9 Å². The molecule has 1 N–H and O–H groups in total. The second-order valence-electron chi connectivity index (χ2n) is 6.71. The molecule has 0 radical (unpaired) electrons. The van der Waals surface area contributed by atoms with Crippen molar-refractivity contribution < 1.29 is 13.9 Å². The molecule has 0 aliphatic carbocycles. The van der Waals surface area contributed by atoms with E-state index in [0.29, 0.717) is 18.7 Å². The molecule has 1 amide bonds. The number of rotatable bonds is 8. The van der Waals surface area contributed by atoms with E-state index in [1.807, 2.05) is 36.4 Å². The molecule has 1 aromatic carbocycles. The molecule has 1 unspecified atom stereocenters. The summed E-state index contributed by atoms with van der Waals surface area (Å²) in [6.07, 6.45) is 6.34. The van der Waals surface area contributed by atoms with Crippen molar-refractivity contribution in [2.24, 2.45) is 0 Å². The Balaban J connectivity index is 1.60. The molecule has 5 heteroatoms. The summed E-state index contributed by atoms with van der Waals surface area (Å²) in [6.45, 7) is 5.39. The first-order chi connectivity index (χ1) is 12.8. The molecule has 140 valence electrons. The Morgan fingerprint density at radius 3 is 2.62 bits per heavy atom. The SMILES string of the molecule is CCCOc1ccc(C(=O)NCC(c2ccco2)N2CCCCC2)cc1. The van der Waals surface area contributed by atoms with Crippen LogP contribution in [0.25, 0.3) is 0 Å². The van der Waals surface area contributed by atoms with Gasteiger partial charge in [0.25, 0.3) is 5.91 Å². The second-order valence-corrected chi connectivity index (χ2v) is 6.71. The summed E-state index contributed by atoms with van der Waals surface area (Å²) in [5, 5.41) is 3.07. The lowest BCUT2D eigenvalue weighted by Gasteiger charge is -2.33. The number of amides is 1. The summed E-state index contributed by atoms with van der Waals surface area (Å²) in [4.78, 5) is 14.9. The van der Waals surface area contributed by atoms with Crippen LogP contribution in [0, 0.1) is 0 Å². The molecule has 1 aromatic heterocycles. The number of hydrogen-bond donors (Lipinski definition) is 1. The Kier molecular flexibility index (Phi) is 6.72. The van der Waals surface area contributed by atoms with Gasteiger partial charge in [0.05, 0.1) is 18.9 Å². The number of likely N-dealkylation sites (tertiary alicyclic amines) is 1. The van der Waals surface area contributed by atoms with E-state index in [1.54, 1.807) is 6.26 Å². The minimum atomic E-state index is -0.0689. The van der Waals surface area contributed by atoms with E-state index in [2.05, 4.69) is 17.1 Å². The summed E-state index contributed by atoms with van der Waals surface area (Å²) < 4.78 is 11.2. The van der Waals surface area contributed by atoms with Crippen LogP contribution in [0.1, 0.15) is 54.8 Å². The van der Waals surface area contributed by atoms with E-state index in [4.69, 9.17) is 9.15 Å². The molecule has 1 aliphatic heterocycles. The predicted molar refractivity (Wildman–Crippen MR) is 101 cm³/mol. The fourth-order valence-electron chi connectivity index (χ4n) is 3.33. The number of ether oxygens (including phenoxy) is 1. The van der Waals surface area contributed by atoms with Crippen LogP contribution >= 0.6 is 0 Å². The predicted octanol–water partition coefficient (Wildman–Crippen LogP) is 4.03. The van der Waals surface area contributed by atoms with Gasteiger partial charge in [-0.05, 0) is 68.8 Å². The van der Waals surface area contributed by atoms with Crippen LogP contribution in [0.4, 0.5) is 0 Å². The first kappa shape index (κ1) is 18.5. The lowest BCUT2D eigenvalue weighted by molar-refractivity contribution is 0.0914. The number of piperidine rings is 1. The molecular weight excluding hydrogens is 328 g/mol. The molecule has 0 bridgehead atoms. The van der Waals surface area contributed by atoms with Crippen molar-refractivity contribution in [3.63, 3.8) is 0 Å². The number of benzene rings is 1. The first-order valence-corrected chi connectivity index (χ1v) is 9.56. The number of carbonyl (C=O) groups excluding carboxylic acids is 1. The molecule has 2 aromatic rings. The number of nitrogens with one attached hydrogen (secondary N) is 1. The average Bonchev–Trinajstić information content (AvgIpc) is 3.22. The number of hydrogen-bond acceptors (Lipinski definition) is 4. The summed E-state index contributed by atoms with van der Waals surface area (Å²) in [6, 6.07) is 11.3. The Bertz CT molecular complexity index is 661. The monoisotopic (exact) mass is 356 g/mol. The highest BCUT2D eigenvalue weighted by Crippen LogP contribution is 2.24. The van der Waals surface area contributed by atoms with Gasteiger partial charge in [0.1, 0.15) is 11.5 Å². The van der Waals surface area contributed by atoms with Crippen LogP contribution in [0.15, 0.2) is 47.1 Å². The van der Waals surface area contributed by atoms with Crippen molar-refractivity contribution in [1.82, 2.24) is 10.2 Å². The minimum Gasteiger partial charge on any atom is -0.494 e. The molecule has 1 fully saturated rings. The smallest absolute Gasteiger partial charge is 0.251 e. The van der Waals surface area contributed by atoms with Crippen molar-refractivity contribution >= 4 is 5.91 Å². The molecule has 3 rings (SSSR count). The lowest BCUT2D eigenvalue weighted by Crippen LogP contribution is -2.40. The zero-order chi connectivity index (χ0) is 18.2. The molecule has 0 saturated carbocycles. The van der Waals surface area contributed by atoms with Gasteiger partial charge >= 0.3 is 0 Å². The van der Waals surface area contributed by atoms with Crippen molar-refractivity contribution in [3.05, 3.63) is 54.0 Å². The molecule has 0 spiro atoms. The average molecular weight is 356 g/mol. The van der Waals surface area contributed by atoms with Crippen LogP contribution < -0.4 is 10.1 Å². The number of furan rings is 1. The van der Waals surface area contributed by atoms with Crippen molar-refractivity contribution in [3.8, 4) is 5.75 Å². The van der Waals surface area contributed by atoms with Crippen LogP contribution in [-0.2, 0) is 0 Å². The molecular formula is C21H28N2O3. The lowest BCUT2D eigenvalue weighted by atomic mass is 10.1. The van der Waals surface area contributed by atoms with Gasteiger partial charge < -0.3 is 14.5 Å². The van der Waals surface area contributed by atoms with Crippen molar-refractivity contribution in [2.45, 2.75) is 38.6 Å². The summed E-state index contributed by atoms with van der Waals surface area (Å²) in [7, 11) is 0. The number of carbonyl (C=O) groups is 1. The maximum absolute atomic E-state index is 12.5. The van der Waals surface area contributed by atoms with Gasteiger partial charge in [-0.3, -0.25) is 9.69 Å². The fraction of sp³-hybridized carbons (Fsp3) is 0.476. The van der Waals surface area contributed by atoms with Crippen LogP contribution in [0.5, 0.6) is 5.75 Å². The number of nitrogens with zero attached hydrogens (tertiary/aromatic N) is 1. The van der Waals surface area contributed by atoms with Crippen LogP contribution in [-0.4, -0.2) is 37.0 Å². The molecule has 2 heterocycles. The maximum Gasteiger partial charge on any atom is 0.251 e. The second kappa shape index (κ2) is 9.43. The molecule has 1 aliphatic rings. The molecule has 1 atom stereocenters. The Hall–Kier alpha value is -2.27. The van der Waals surface area contributed by atoms with Gasteiger partial charge in [-0.2, -0.15) is 0 Å².